The van der Waals surface area contributed by atoms with Gasteiger partial charge < -0.3 is 14.2 Å². The summed E-state index contributed by atoms with van der Waals surface area (Å²) in [6, 6.07) is 5.47. The number of fused-ring (bicyclic) bond motifs is 4. The number of carbonyl (C=O) groups excluding carboxylic acids is 1. The van der Waals surface area contributed by atoms with E-state index in [0.29, 0.717) is 29.5 Å². The molecule has 5 saturated carbocycles. The van der Waals surface area contributed by atoms with Gasteiger partial charge in [0.1, 0.15) is 5.75 Å². The zero-order valence-corrected chi connectivity index (χ0v) is 22.6. The monoisotopic (exact) mass is 511 g/mol. The maximum atomic E-state index is 12.4. The maximum absolute atomic E-state index is 12.4. The smallest absolute Gasteiger partial charge is 0.434 e. The van der Waals surface area contributed by atoms with Crippen LogP contribution in [0.1, 0.15) is 72.1 Å². The number of nitro groups is 1. The first-order valence-electron chi connectivity index (χ1n) is 14.3. The second-order valence-corrected chi connectivity index (χ2v) is 13.4. The molecule has 0 heterocycles. The van der Waals surface area contributed by atoms with Crippen molar-refractivity contribution in [2.24, 2.45) is 51.8 Å². The van der Waals surface area contributed by atoms with Crippen LogP contribution in [-0.4, -0.2) is 30.9 Å². The van der Waals surface area contributed by atoms with Crippen LogP contribution < -0.4 is 4.74 Å². The Bertz CT molecular complexity index is 1070. The van der Waals surface area contributed by atoms with Gasteiger partial charge in [0, 0.05) is 24.7 Å². The average Bonchev–Trinajstić information content (AvgIpc) is 3.38. The van der Waals surface area contributed by atoms with E-state index in [1.54, 1.807) is 0 Å². The fraction of sp³-hybridized carbons (Fsp3) is 0.767. The lowest BCUT2D eigenvalue weighted by atomic mass is 9.45. The molecule has 202 valence electrons. The number of hydrogen-bond donors (Lipinski definition) is 0. The number of rotatable bonds is 6. The number of benzene rings is 1. The summed E-state index contributed by atoms with van der Waals surface area (Å²) in [5.74, 6) is 4.20. The first-order chi connectivity index (χ1) is 17.6. The van der Waals surface area contributed by atoms with Crippen LogP contribution >= 0.6 is 0 Å². The second-order valence-electron chi connectivity index (χ2n) is 13.4. The SMILES string of the molecule is COC1C[C@H]2[C@@H]3CC[C@H]([C@H](C)COC(=O)Oc4ccc([N+](=O)[O-])cc4)[C@@]3(C)CC[C@@H]2[C@@]2(C)CC[C@@H]3CC132. The summed E-state index contributed by atoms with van der Waals surface area (Å²) in [6.07, 6.45) is 10.1. The van der Waals surface area contributed by atoms with Crippen LogP contribution in [0.3, 0.4) is 0 Å². The third-order valence-electron chi connectivity index (χ3n) is 12.3. The third kappa shape index (κ3) is 3.59. The van der Waals surface area contributed by atoms with Crippen LogP contribution in [0.2, 0.25) is 0 Å². The van der Waals surface area contributed by atoms with Crippen LogP contribution in [0.25, 0.3) is 0 Å². The highest BCUT2D eigenvalue weighted by Gasteiger charge is 2.77. The van der Waals surface area contributed by atoms with Gasteiger partial charge in [-0.05, 0) is 110 Å². The molecule has 5 aliphatic rings. The number of non-ortho nitro benzene ring substituents is 1. The zero-order valence-electron chi connectivity index (χ0n) is 22.6. The van der Waals surface area contributed by atoms with Gasteiger partial charge in [0.05, 0.1) is 17.6 Å². The van der Waals surface area contributed by atoms with E-state index in [1.165, 1.54) is 75.6 Å². The molecule has 5 aliphatic carbocycles. The van der Waals surface area contributed by atoms with E-state index in [4.69, 9.17) is 14.2 Å². The van der Waals surface area contributed by atoms with Crippen molar-refractivity contribution in [3.63, 3.8) is 0 Å². The molecule has 6 rings (SSSR count). The normalized spacial score (nSPS) is 44.1. The van der Waals surface area contributed by atoms with E-state index in [2.05, 4.69) is 20.8 Å². The Kier molecular flexibility index (Phi) is 5.90. The molecule has 1 aromatic carbocycles. The maximum Gasteiger partial charge on any atom is 0.513 e. The molecular formula is C30H41NO6. The molecule has 0 aromatic heterocycles. The first-order valence-corrected chi connectivity index (χ1v) is 14.3. The predicted molar refractivity (Wildman–Crippen MR) is 138 cm³/mol. The quantitative estimate of drug-likeness (QED) is 0.176. The van der Waals surface area contributed by atoms with Crippen molar-refractivity contribution in [3.8, 4) is 5.75 Å². The Morgan fingerprint density at radius 2 is 1.86 bits per heavy atom. The second kappa shape index (κ2) is 8.69. The summed E-state index contributed by atoms with van der Waals surface area (Å²) in [7, 11) is 1.95. The van der Waals surface area contributed by atoms with Gasteiger partial charge in [-0.2, -0.15) is 0 Å². The molecule has 1 spiro atoms. The number of hydrogen-bond acceptors (Lipinski definition) is 6. The fourth-order valence-electron chi connectivity index (χ4n) is 10.6. The summed E-state index contributed by atoms with van der Waals surface area (Å²) in [6.45, 7) is 7.67. The van der Waals surface area contributed by atoms with Crippen LogP contribution in [-0.2, 0) is 9.47 Å². The van der Waals surface area contributed by atoms with Crippen molar-refractivity contribution in [1.29, 1.82) is 0 Å². The van der Waals surface area contributed by atoms with Crippen molar-refractivity contribution in [2.45, 2.75) is 78.2 Å². The first kappa shape index (κ1) is 25.1. The van der Waals surface area contributed by atoms with Gasteiger partial charge >= 0.3 is 6.16 Å². The van der Waals surface area contributed by atoms with Gasteiger partial charge in [0.2, 0.25) is 0 Å². The Labute approximate surface area is 219 Å². The molecular weight excluding hydrogens is 470 g/mol. The van der Waals surface area contributed by atoms with Gasteiger partial charge in [-0.15, -0.1) is 0 Å². The summed E-state index contributed by atoms with van der Waals surface area (Å²) in [5.41, 5.74) is 1.13. The van der Waals surface area contributed by atoms with Crippen molar-refractivity contribution >= 4 is 11.8 Å². The standard InChI is InChI=1S/C30H41NO6/c1-18(17-36-27(32)37-21-7-5-20(6-8-21)31(33)34)23-9-10-24-22-15-26(35-4)30-16-19(30)11-14-29(30,3)25(22)12-13-28(23,24)2/h5-8,18-19,22-26H,9-17H2,1-4H3/t18-,19-,22+,23-,24+,25+,26?,28-,29-,30?/m1/s1. The van der Waals surface area contributed by atoms with Crippen LogP contribution in [0.4, 0.5) is 10.5 Å². The topological polar surface area (TPSA) is 87.9 Å². The molecule has 7 nitrogen and oxygen atoms in total. The third-order valence-corrected chi connectivity index (χ3v) is 12.3. The number of carbonyl (C=O) groups is 1. The minimum atomic E-state index is -0.752. The molecule has 0 saturated heterocycles. The van der Waals surface area contributed by atoms with Gasteiger partial charge in [-0.1, -0.05) is 20.8 Å². The summed E-state index contributed by atoms with van der Waals surface area (Å²) in [4.78, 5) is 22.7. The number of ether oxygens (including phenoxy) is 3. The van der Waals surface area contributed by atoms with E-state index in [9.17, 15) is 14.9 Å². The lowest BCUT2D eigenvalue weighted by molar-refractivity contribution is -0.384. The molecule has 7 heteroatoms. The van der Waals surface area contributed by atoms with E-state index >= 15 is 0 Å². The van der Waals surface area contributed by atoms with Gasteiger partial charge in [-0.3, -0.25) is 10.1 Å². The van der Waals surface area contributed by atoms with Crippen molar-refractivity contribution in [2.75, 3.05) is 13.7 Å². The van der Waals surface area contributed by atoms with Crippen molar-refractivity contribution in [3.05, 3.63) is 34.4 Å². The molecule has 0 aliphatic heterocycles. The Balaban J connectivity index is 1.10. The van der Waals surface area contributed by atoms with E-state index in [0.717, 1.165) is 23.7 Å². The summed E-state index contributed by atoms with van der Waals surface area (Å²) >= 11 is 0. The van der Waals surface area contributed by atoms with Crippen LogP contribution in [0, 0.1) is 61.9 Å². The average molecular weight is 512 g/mol. The summed E-state index contributed by atoms with van der Waals surface area (Å²) < 4.78 is 17.0. The lowest BCUT2D eigenvalue weighted by Gasteiger charge is -2.61. The minimum Gasteiger partial charge on any atom is -0.434 e. The highest BCUT2D eigenvalue weighted by molar-refractivity contribution is 5.64. The highest BCUT2D eigenvalue weighted by atomic mass is 16.7. The predicted octanol–water partition coefficient (Wildman–Crippen LogP) is 7.03. The lowest BCUT2D eigenvalue weighted by Crippen LogP contribution is -2.57. The fourth-order valence-corrected chi connectivity index (χ4v) is 10.6. The Morgan fingerprint density at radius 1 is 1.11 bits per heavy atom. The number of nitrogens with zero attached hydrogens (tertiary/aromatic N) is 1. The number of methoxy groups -OCH3 is 1. The minimum absolute atomic E-state index is 0.0445. The zero-order chi connectivity index (χ0) is 26.2. The molecule has 0 radical (unpaired) electrons. The largest absolute Gasteiger partial charge is 0.513 e. The Morgan fingerprint density at radius 3 is 2.54 bits per heavy atom. The van der Waals surface area contributed by atoms with E-state index in [-0.39, 0.29) is 22.8 Å². The molecule has 2 unspecified atom stereocenters. The highest BCUT2D eigenvalue weighted by Crippen LogP contribution is 2.82. The van der Waals surface area contributed by atoms with Gasteiger partial charge in [-0.25, -0.2) is 4.79 Å². The molecule has 37 heavy (non-hydrogen) atoms. The molecule has 0 N–H and O–H groups in total. The molecule has 10 atom stereocenters. The van der Waals surface area contributed by atoms with Gasteiger partial charge in [0.25, 0.3) is 5.69 Å². The van der Waals surface area contributed by atoms with Crippen LogP contribution in [0.5, 0.6) is 5.75 Å². The molecule has 1 aromatic rings. The van der Waals surface area contributed by atoms with E-state index in [1.807, 2.05) is 7.11 Å². The summed E-state index contributed by atoms with van der Waals surface area (Å²) in [5, 5.41) is 10.8. The van der Waals surface area contributed by atoms with Crippen LogP contribution in [0.15, 0.2) is 24.3 Å². The Hall–Kier alpha value is -2.15. The van der Waals surface area contributed by atoms with E-state index < -0.39 is 11.1 Å². The van der Waals surface area contributed by atoms with Crippen molar-refractivity contribution in [1.82, 2.24) is 0 Å². The van der Waals surface area contributed by atoms with Gasteiger partial charge in [0.15, 0.2) is 0 Å². The molecule has 0 amide bonds. The van der Waals surface area contributed by atoms with Crippen molar-refractivity contribution < 1.29 is 23.9 Å². The number of nitro benzene ring substituents is 1. The molecule has 0 bridgehead atoms. The molecule has 5 fully saturated rings.